The summed E-state index contributed by atoms with van der Waals surface area (Å²) in [7, 11) is 1.55. The summed E-state index contributed by atoms with van der Waals surface area (Å²) in [5.41, 5.74) is 3.83. The van der Waals surface area contributed by atoms with E-state index in [2.05, 4.69) is 5.43 Å². The molecule has 66 valence electrons. The van der Waals surface area contributed by atoms with Gasteiger partial charge in [0.2, 0.25) is 0 Å². The van der Waals surface area contributed by atoms with Gasteiger partial charge in [0, 0.05) is 5.56 Å². The van der Waals surface area contributed by atoms with E-state index in [0.717, 1.165) is 5.56 Å². The van der Waals surface area contributed by atoms with Crippen LogP contribution in [0, 0.1) is 0 Å². The SMILES string of the molecule is COc1cccc(CO)c1NN. The maximum Gasteiger partial charge on any atom is 0.143 e. The van der Waals surface area contributed by atoms with Crippen LogP contribution in [0.2, 0.25) is 0 Å². The quantitative estimate of drug-likeness (QED) is 0.453. The van der Waals surface area contributed by atoms with Gasteiger partial charge in [-0.3, -0.25) is 5.84 Å². The van der Waals surface area contributed by atoms with E-state index in [0.29, 0.717) is 11.4 Å². The van der Waals surface area contributed by atoms with Gasteiger partial charge >= 0.3 is 0 Å². The van der Waals surface area contributed by atoms with Gasteiger partial charge < -0.3 is 15.3 Å². The number of nitrogens with one attached hydrogen (secondary N) is 1. The highest BCUT2D eigenvalue weighted by Crippen LogP contribution is 2.26. The zero-order valence-corrected chi connectivity index (χ0v) is 6.87. The zero-order valence-electron chi connectivity index (χ0n) is 6.87. The molecule has 1 aromatic rings. The molecule has 0 atom stereocenters. The Labute approximate surface area is 70.9 Å². The Hall–Kier alpha value is -1.26. The highest BCUT2D eigenvalue weighted by atomic mass is 16.5. The lowest BCUT2D eigenvalue weighted by Crippen LogP contribution is -2.10. The lowest BCUT2D eigenvalue weighted by atomic mass is 10.2. The molecule has 0 aliphatic heterocycles. The summed E-state index contributed by atoms with van der Waals surface area (Å²) in [6, 6.07) is 5.34. The molecule has 0 bridgehead atoms. The van der Waals surface area contributed by atoms with Gasteiger partial charge in [-0.05, 0) is 6.07 Å². The Kier molecular flexibility index (Phi) is 2.90. The summed E-state index contributed by atoms with van der Waals surface area (Å²) in [5, 5.41) is 8.92. The van der Waals surface area contributed by atoms with Crippen molar-refractivity contribution in [1.82, 2.24) is 0 Å². The fourth-order valence-corrected chi connectivity index (χ4v) is 1.04. The topological polar surface area (TPSA) is 67.5 Å². The van der Waals surface area contributed by atoms with E-state index in [4.69, 9.17) is 15.7 Å². The molecular formula is C8H12N2O2. The van der Waals surface area contributed by atoms with E-state index < -0.39 is 0 Å². The molecule has 4 nitrogen and oxygen atoms in total. The number of para-hydroxylation sites is 1. The number of nitrogens with two attached hydrogens (primary N) is 1. The molecule has 0 saturated carbocycles. The second-order valence-electron chi connectivity index (χ2n) is 2.30. The predicted octanol–water partition coefficient (Wildman–Crippen LogP) is 0.473. The van der Waals surface area contributed by atoms with Gasteiger partial charge in [0.1, 0.15) is 5.75 Å². The second kappa shape index (κ2) is 3.94. The minimum Gasteiger partial charge on any atom is -0.495 e. The van der Waals surface area contributed by atoms with Crippen LogP contribution in [-0.4, -0.2) is 12.2 Å². The van der Waals surface area contributed by atoms with E-state index in [9.17, 15) is 0 Å². The summed E-state index contributed by atoms with van der Waals surface area (Å²) < 4.78 is 5.03. The zero-order chi connectivity index (χ0) is 8.97. The van der Waals surface area contributed by atoms with Crippen LogP contribution in [0.1, 0.15) is 5.56 Å². The molecule has 4 heteroatoms. The average molecular weight is 168 g/mol. The molecule has 0 fully saturated rings. The van der Waals surface area contributed by atoms with Gasteiger partial charge in [0.05, 0.1) is 19.4 Å². The third-order valence-electron chi connectivity index (χ3n) is 1.65. The summed E-state index contributed by atoms with van der Waals surface area (Å²) in [5.74, 6) is 5.89. The van der Waals surface area contributed by atoms with Crippen molar-refractivity contribution in [3.63, 3.8) is 0 Å². The lowest BCUT2D eigenvalue weighted by molar-refractivity contribution is 0.281. The van der Waals surface area contributed by atoms with Crippen LogP contribution in [0.3, 0.4) is 0 Å². The number of rotatable bonds is 3. The molecule has 0 spiro atoms. The molecule has 12 heavy (non-hydrogen) atoms. The second-order valence-corrected chi connectivity index (χ2v) is 2.30. The molecule has 0 unspecified atom stereocenters. The van der Waals surface area contributed by atoms with Gasteiger partial charge in [0.25, 0.3) is 0 Å². The smallest absolute Gasteiger partial charge is 0.143 e. The van der Waals surface area contributed by atoms with Crippen molar-refractivity contribution < 1.29 is 9.84 Å². The molecule has 0 amide bonds. The third kappa shape index (κ3) is 1.49. The molecule has 0 aliphatic rings. The van der Waals surface area contributed by atoms with Crippen molar-refractivity contribution in [2.45, 2.75) is 6.61 Å². The summed E-state index contributed by atoms with van der Waals surface area (Å²) in [6.07, 6.45) is 0. The first-order valence-electron chi connectivity index (χ1n) is 3.56. The maximum absolute atomic E-state index is 8.92. The summed E-state index contributed by atoms with van der Waals surface area (Å²) >= 11 is 0. The summed E-state index contributed by atoms with van der Waals surface area (Å²) in [6.45, 7) is -0.0588. The van der Waals surface area contributed by atoms with Gasteiger partial charge in [-0.25, -0.2) is 0 Å². The molecule has 0 radical (unpaired) electrons. The Morgan fingerprint density at radius 2 is 2.33 bits per heavy atom. The average Bonchev–Trinajstić information content (AvgIpc) is 2.16. The number of nitrogen functional groups attached to an aromatic ring is 1. The molecule has 1 rings (SSSR count). The van der Waals surface area contributed by atoms with Crippen LogP contribution in [-0.2, 0) is 6.61 Å². The predicted molar refractivity (Wildman–Crippen MR) is 46.7 cm³/mol. The van der Waals surface area contributed by atoms with Crippen LogP contribution in [0.25, 0.3) is 0 Å². The number of aliphatic hydroxyl groups excluding tert-OH is 1. The third-order valence-corrected chi connectivity index (χ3v) is 1.65. The monoisotopic (exact) mass is 168 g/mol. The number of benzene rings is 1. The normalized spacial score (nSPS) is 9.58. The fourth-order valence-electron chi connectivity index (χ4n) is 1.04. The van der Waals surface area contributed by atoms with Crippen molar-refractivity contribution in [3.8, 4) is 5.75 Å². The van der Waals surface area contributed by atoms with Crippen LogP contribution in [0.4, 0.5) is 5.69 Å². The Morgan fingerprint density at radius 1 is 1.58 bits per heavy atom. The van der Waals surface area contributed by atoms with Gasteiger partial charge in [-0.1, -0.05) is 12.1 Å². The number of aliphatic hydroxyl groups is 1. The first-order valence-corrected chi connectivity index (χ1v) is 3.56. The highest BCUT2D eigenvalue weighted by molar-refractivity contribution is 5.61. The van der Waals surface area contributed by atoms with Gasteiger partial charge in [0.15, 0.2) is 0 Å². The van der Waals surface area contributed by atoms with Crippen LogP contribution < -0.4 is 16.0 Å². The number of hydrogen-bond acceptors (Lipinski definition) is 4. The number of hydrazine groups is 1. The molecule has 0 heterocycles. The van der Waals surface area contributed by atoms with Crippen molar-refractivity contribution in [2.75, 3.05) is 12.5 Å². The minimum absolute atomic E-state index is 0.0588. The fraction of sp³-hybridized carbons (Fsp3) is 0.250. The van der Waals surface area contributed by atoms with Crippen LogP contribution in [0.15, 0.2) is 18.2 Å². The van der Waals surface area contributed by atoms with Crippen molar-refractivity contribution in [2.24, 2.45) is 5.84 Å². The highest BCUT2D eigenvalue weighted by Gasteiger charge is 2.05. The van der Waals surface area contributed by atoms with E-state index >= 15 is 0 Å². The van der Waals surface area contributed by atoms with Crippen LogP contribution in [0.5, 0.6) is 5.75 Å². The van der Waals surface area contributed by atoms with Crippen LogP contribution >= 0.6 is 0 Å². The number of methoxy groups -OCH3 is 1. The molecule has 1 aromatic carbocycles. The largest absolute Gasteiger partial charge is 0.495 e. The van der Waals surface area contributed by atoms with E-state index in [-0.39, 0.29) is 6.61 Å². The first kappa shape index (κ1) is 8.83. The van der Waals surface area contributed by atoms with E-state index in [1.54, 1.807) is 25.3 Å². The molecule has 0 aliphatic carbocycles. The Balaban J connectivity index is 3.13. The number of hydrogen-bond donors (Lipinski definition) is 3. The van der Waals surface area contributed by atoms with Gasteiger partial charge in [-0.2, -0.15) is 0 Å². The molecule has 4 N–H and O–H groups in total. The van der Waals surface area contributed by atoms with Gasteiger partial charge in [-0.15, -0.1) is 0 Å². The summed E-state index contributed by atoms with van der Waals surface area (Å²) in [4.78, 5) is 0. The lowest BCUT2D eigenvalue weighted by Gasteiger charge is -2.10. The van der Waals surface area contributed by atoms with Crippen molar-refractivity contribution in [3.05, 3.63) is 23.8 Å². The first-order chi connectivity index (χ1) is 5.83. The minimum atomic E-state index is -0.0588. The number of anilines is 1. The van der Waals surface area contributed by atoms with Crippen molar-refractivity contribution in [1.29, 1.82) is 0 Å². The molecule has 0 saturated heterocycles. The molecule has 0 aromatic heterocycles. The standard InChI is InChI=1S/C8H12N2O2/c1-12-7-4-2-3-6(5-11)8(7)10-9/h2-4,10-11H,5,9H2,1H3. The van der Waals surface area contributed by atoms with E-state index in [1.165, 1.54) is 0 Å². The van der Waals surface area contributed by atoms with Crippen molar-refractivity contribution >= 4 is 5.69 Å². The maximum atomic E-state index is 8.92. The van der Waals surface area contributed by atoms with E-state index in [1.807, 2.05) is 0 Å². The Morgan fingerprint density at radius 3 is 2.83 bits per heavy atom. The number of ether oxygens (including phenoxy) is 1. The molecular weight excluding hydrogens is 156 g/mol. The Bertz CT molecular complexity index is 241.